The monoisotopic (exact) mass is 936 g/mol. The predicted molar refractivity (Wildman–Crippen MR) is 298 cm³/mol. The van der Waals surface area contributed by atoms with Crippen LogP contribution in [0.2, 0.25) is 0 Å². The van der Waals surface area contributed by atoms with Gasteiger partial charge in [0.25, 0.3) is 0 Å². The largest absolute Gasteiger partial charge is 0.334 e. The minimum Gasteiger partial charge on any atom is -0.334 e. The molecule has 2 aromatic heterocycles. The molecule has 9 aromatic carbocycles. The van der Waals surface area contributed by atoms with Crippen molar-refractivity contribution in [3.05, 3.63) is 283 Å². The molecular formula is C67H48N6. The Kier molecular flexibility index (Phi) is 10.00. The molecule has 0 saturated heterocycles. The van der Waals surface area contributed by atoms with Crippen molar-refractivity contribution in [3.8, 4) is 51.1 Å². The number of nitrogens with zero attached hydrogens (tertiary/aromatic N) is 6. The van der Waals surface area contributed by atoms with Gasteiger partial charge in [0.1, 0.15) is 0 Å². The van der Waals surface area contributed by atoms with E-state index in [2.05, 4.69) is 246 Å². The van der Waals surface area contributed by atoms with E-state index in [-0.39, 0.29) is 12.0 Å². The van der Waals surface area contributed by atoms with Gasteiger partial charge in [-0.05, 0) is 88.3 Å². The summed E-state index contributed by atoms with van der Waals surface area (Å²) < 4.78 is 2.38. The van der Waals surface area contributed by atoms with E-state index in [1.165, 1.54) is 33.4 Å². The highest BCUT2D eigenvalue weighted by Crippen LogP contribution is 2.66. The van der Waals surface area contributed by atoms with E-state index in [0.29, 0.717) is 17.6 Å². The second-order valence-corrected chi connectivity index (χ2v) is 19.1. The van der Waals surface area contributed by atoms with E-state index in [1.54, 1.807) is 0 Å². The van der Waals surface area contributed by atoms with E-state index < -0.39 is 5.41 Å². The molecule has 11 aromatic rings. The fourth-order valence-corrected chi connectivity index (χ4v) is 12.1. The van der Waals surface area contributed by atoms with Crippen molar-refractivity contribution in [2.75, 3.05) is 9.80 Å². The van der Waals surface area contributed by atoms with Gasteiger partial charge in [0, 0.05) is 50.4 Å². The van der Waals surface area contributed by atoms with E-state index in [0.717, 1.165) is 61.7 Å². The molecule has 3 aliphatic carbocycles. The molecule has 0 fully saturated rings. The molecule has 0 bridgehead atoms. The van der Waals surface area contributed by atoms with E-state index >= 15 is 0 Å². The van der Waals surface area contributed by atoms with E-state index in [9.17, 15) is 0 Å². The van der Waals surface area contributed by atoms with Crippen LogP contribution in [0.1, 0.15) is 29.2 Å². The Hall–Kier alpha value is -9.39. The molecule has 3 aliphatic rings. The number of aromatic nitrogens is 4. The minimum absolute atomic E-state index is 0.0885. The molecule has 0 radical (unpaired) electrons. The molecular weight excluding hydrogens is 889 g/mol. The lowest BCUT2D eigenvalue weighted by molar-refractivity contribution is 0.609. The van der Waals surface area contributed by atoms with Crippen molar-refractivity contribution in [1.82, 2.24) is 19.5 Å². The summed E-state index contributed by atoms with van der Waals surface area (Å²) in [4.78, 5) is 21.3. The van der Waals surface area contributed by atoms with Crippen molar-refractivity contribution >= 4 is 39.3 Å². The number of allylic oxidation sites excluding steroid dienone is 2. The molecule has 0 aliphatic heterocycles. The smallest absolute Gasteiger partial charge is 0.238 e. The number of benzene rings is 9. The van der Waals surface area contributed by atoms with Gasteiger partial charge in [-0.2, -0.15) is 9.97 Å². The number of hydrogen-bond acceptors (Lipinski definition) is 5. The minimum atomic E-state index is -0.742. The highest BCUT2D eigenvalue weighted by Gasteiger charge is 2.55. The molecule has 6 nitrogen and oxygen atoms in total. The van der Waals surface area contributed by atoms with Crippen LogP contribution in [0.5, 0.6) is 0 Å². The van der Waals surface area contributed by atoms with Crippen LogP contribution in [0.3, 0.4) is 0 Å². The van der Waals surface area contributed by atoms with Crippen LogP contribution in [0.15, 0.2) is 261 Å². The lowest BCUT2D eigenvalue weighted by atomic mass is 9.70. The first-order valence-corrected chi connectivity index (χ1v) is 25.2. The highest BCUT2D eigenvalue weighted by atomic mass is 15.2. The second-order valence-electron chi connectivity index (χ2n) is 19.1. The molecule has 0 saturated carbocycles. The Balaban J connectivity index is 1.16. The molecule has 73 heavy (non-hydrogen) atoms. The maximum Gasteiger partial charge on any atom is 0.238 e. The van der Waals surface area contributed by atoms with Gasteiger partial charge in [0.05, 0.1) is 28.4 Å². The molecule has 2 unspecified atom stereocenters. The quantitative estimate of drug-likeness (QED) is 0.144. The van der Waals surface area contributed by atoms with Gasteiger partial charge in [-0.25, -0.2) is 4.98 Å². The summed E-state index contributed by atoms with van der Waals surface area (Å²) in [7, 11) is 0. The molecule has 0 amide bonds. The third kappa shape index (κ3) is 6.60. The fraction of sp³-hybridized carbons (Fsp3) is 0.0597. The third-order valence-electron chi connectivity index (χ3n) is 15.1. The van der Waals surface area contributed by atoms with Crippen molar-refractivity contribution in [2.45, 2.75) is 18.4 Å². The SMILES string of the molecule is CC1C=CC=CC1N(c1ccccc1)c1ccc2c(c1)C1(c3ccccc3-c3ccccc31)c1c-2n(-c2nc(-c3ccccc3)nc(-c3ccccc3)n2)c2c(N(c3ccccc3)c3ccccc3)cccc12. The number of rotatable bonds is 9. The number of anilines is 5. The predicted octanol–water partition coefficient (Wildman–Crippen LogP) is 16.2. The first-order valence-electron chi connectivity index (χ1n) is 25.2. The first-order chi connectivity index (χ1) is 36.2. The zero-order valence-electron chi connectivity index (χ0n) is 40.2. The Bertz CT molecular complexity index is 3800. The zero-order chi connectivity index (χ0) is 48.5. The van der Waals surface area contributed by atoms with Crippen LogP contribution >= 0.6 is 0 Å². The Morgan fingerprint density at radius 2 is 0.959 bits per heavy atom. The van der Waals surface area contributed by atoms with Crippen LogP contribution < -0.4 is 9.80 Å². The number of hydrogen-bond donors (Lipinski definition) is 0. The van der Waals surface area contributed by atoms with Gasteiger partial charge in [-0.3, -0.25) is 4.57 Å². The van der Waals surface area contributed by atoms with Crippen molar-refractivity contribution in [2.24, 2.45) is 5.92 Å². The van der Waals surface area contributed by atoms with Gasteiger partial charge >= 0.3 is 0 Å². The normalized spacial score (nSPS) is 15.5. The van der Waals surface area contributed by atoms with Gasteiger partial charge < -0.3 is 9.80 Å². The summed E-state index contributed by atoms with van der Waals surface area (Å²) in [5.41, 5.74) is 17.0. The van der Waals surface area contributed by atoms with Gasteiger partial charge in [-0.15, -0.1) is 0 Å². The topological polar surface area (TPSA) is 50.1 Å². The van der Waals surface area contributed by atoms with Crippen LogP contribution in [0, 0.1) is 5.92 Å². The summed E-state index contributed by atoms with van der Waals surface area (Å²) >= 11 is 0. The lowest BCUT2D eigenvalue weighted by Crippen LogP contribution is -2.35. The molecule has 2 atom stereocenters. The van der Waals surface area contributed by atoms with Crippen LogP contribution in [-0.2, 0) is 5.41 Å². The van der Waals surface area contributed by atoms with E-state index in [4.69, 9.17) is 15.0 Å². The Labute approximate surface area is 425 Å². The van der Waals surface area contributed by atoms with Crippen molar-refractivity contribution in [1.29, 1.82) is 0 Å². The third-order valence-corrected chi connectivity index (χ3v) is 15.1. The summed E-state index contributed by atoms with van der Waals surface area (Å²) in [6, 6.07) is 85.1. The van der Waals surface area contributed by atoms with Crippen LogP contribution in [-0.4, -0.2) is 25.6 Å². The summed E-state index contributed by atoms with van der Waals surface area (Å²) in [6.07, 6.45) is 9.03. The second kappa shape index (κ2) is 17.2. The average molecular weight is 937 g/mol. The van der Waals surface area contributed by atoms with Gasteiger partial charge in [0.2, 0.25) is 5.95 Å². The average Bonchev–Trinajstić information content (AvgIpc) is 4.24. The standard InChI is InChI=1S/C67H48N6/c1-45-24-17-22-40-59(45)72(50-33-15-6-16-34-50)51-42-43-54-58(44-51)67(56-38-20-18-35-52(56)53-36-19-21-39-57(53)67)61-55-37-23-41-60(71(48-29-11-4-12-30-48)49-31-13-5-14-32-49)62(55)73(63(54)61)66-69-64(46-25-7-2-8-26-46)68-65(70-66)47-27-9-3-10-28-47/h2-45,59H,1H3. The fourth-order valence-electron chi connectivity index (χ4n) is 12.1. The van der Waals surface area contributed by atoms with E-state index in [1.807, 2.05) is 36.4 Å². The lowest BCUT2D eigenvalue weighted by Gasteiger charge is -2.37. The van der Waals surface area contributed by atoms with Crippen molar-refractivity contribution < 1.29 is 0 Å². The summed E-state index contributed by atoms with van der Waals surface area (Å²) in [5.74, 6) is 2.01. The molecule has 0 N–H and O–H groups in total. The Morgan fingerprint density at radius 1 is 0.438 bits per heavy atom. The summed E-state index contributed by atoms with van der Waals surface area (Å²) in [5, 5.41) is 1.12. The maximum absolute atomic E-state index is 5.58. The van der Waals surface area contributed by atoms with Crippen LogP contribution in [0.25, 0.3) is 62.0 Å². The molecule has 2 heterocycles. The number of fused-ring (bicyclic) bond motifs is 12. The Morgan fingerprint density at radius 3 is 1.53 bits per heavy atom. The molecule has 14 rings (SSSR count). The molecule has 346 valence electrons. The van der Waals surface area contributed by atoms with Crippen LogP contribution in [0.4, 0.5) is 28.4 Å². The molecule has 1 spiro atoms. The van der Waals surface area contributed by atoms with Gasteiger partial charge in [0.15, 0.2) is 11.6 Å². The van der Waals surface area contributed by atoms with Crippen molar-refractivity contribution in [3.63, 3.8) is 0 Å². The summed E-state index contributed by atoms with van der Waals surface area (Å²) in [6.45, 7) is 2.32. The number of para-hydroxylation sites is 4. The van der Waals surface area contributed by atoms with Gasteiger partial charge in [-0.1, -0.05) is 213 Å². The highest BCUT2D eigenvalue weighted by molar-refractivity contribution is 6.10. The molecule has 6 heteroatoms. The first kappa shape index (κ1) is 42.5. The zero-order valence-corrected chi connectivity index (χ0v) is 40.2. The maximum atomic E-state index is 5.58.